The highest BCUT2D eigenvalue weighted by Gasteiger charge is 2.28. The maximum atomic E-state index is 11.4. The van der Waals surface area contributed by atoms with Crippen LogP contribution in [0.1, 0.15) is 24.9 Å². The predicted octanol–water partition coefficient (Wildman–Crippen LogP) is 1.99. The molecule has 1 aliphatic rings. The van der Waals surface area contributed by atoms with E-state index >= 15 is 0 Å². The van der Waals surface area contributed by atoms with Crippen molar-refractivity contribution in [1.82, 2.24) is 0 Å². The van der Waals surface area contributed by atoms with Crippen molar-refractivity contribution in [2.75, 3.05) is 11.5 Å². The zero-order chi connectivity index (χ0) is 12.5. The number of hydrogen-bond donors (Lipinski definition) is 1. The Hall–Kier alpha value is -0.520. The molecule has 1 aromatic rings. The zero-order valence-corrected chi connectivity index (χ0v) is 11.4. The maximum Gasteiger partial charge on any atom is 0.151 e. The van der Waals surface area contributed by atoms with E-state index in [1.165, 1.54) is 0 Å². The molecule has 1 aromatic carbocycles. The molecule has 2 N–H and O–H groups in total. The minimum atomic E-state index is -2.79. The molecule has 3 nitrogen and oxygen atoms in total. The number of nitrogens with two attached hydrogens (primary N) is 1. The molecule has 5 heteroatoms. The highest BCUT2D eigenvalue weighted by molar-refractivity contribution is 8.01. The van der Waals surface area contributed by atoms with E-state index in [0.717, 1.165) is 16.9 Å². The van der Waals surface area contributed by atoms with E-state index in [1.807, 2.05) is 25.1 Å². The highest BCUT2D eigenvalue weighted by atomic mass is 32.2. The van der Waals surface area contributed by atoms with E-state index in [9.17, 15) is 8.42 Å². The lowest BCUT2D eigenvalue weighted by Crippen LogP contribution is -2.07. The third kappa shape index (κ3) is 3.47. The molecule has 1 aliphatic heterocycles. The molecule has 2 atom stereocenters. The molecule has 0 saturated carbocycles. The van der Waals surface area contributed by atoms with Gasteiger partial charge in [0, 0.05) is 16.2 Å². The topological polar surface area (TPSA) is 60.2 Å². The minimum Gasteiger partial charge on any atom is -0.324 e. The number of rotatable bonds is 3. The first-order chi connectivity index (χ1) is 7.96. The van der Waals surface area contributed by atoms with Gasteiger partial charge in [0.15, 0.2) is 9.84 Å². The minimum absolute atomic E-state index is 0.0165. The summed E-state index contributed by atoms with van der Waals surface area (Å²) in [6, 6.07) is 8.06. The van der Waals surface area contributed by atoms with Gasteiger partial charge in [0.05, 0.1) is 11.5 Å². The standard InChI is InChI=1S/C12H17NO2S2/c1-9(13)10-3-2-4-11(7-10)16-12-5-6-17(14,15)8-12/h2-4,7,9,12H,5-6,8,13H2,1H3. The average Bonchev–Trinajstić information content (AvgIpc) is 2.58. The van der Waals surface area contributed by atoms with Crippen LogP contribution >= 0.6 is 11.8 Å². The zero-order valence-electron chi connectivity index (χ0n) is 9.80. The lowest BCUT2D eigenvalue weighted by atomic mass is 10.1. The molecule has 17 heavy (non-hydrogen) atoms. The largest absolute Gasteiger partial charge is 0.324 e. The van der Waals surface area contributed by atoms with Gasteiger partial charge in [-0.3, -0.25) is 0 Å². The Labute approximate surface area is 107 Å². The molecular formula is C12H17NO2S2. The SMILES string of the molecule is CC(N)c1cccc(SC2CCS(=O)(=O)C2)c1. The van der Waals surface area contributed by atoms with Gasteiger partial charge in [0.25, 0.3) is 0 Å². The summed E-state index contributed by atoms with van der Waals surface area (Å²) in [5.74, 6) is 0.637. The van der Waals surface area contributed by atoms with Crippen LogP contribution in [0.2, 0.25) is 0 Å². The van der Waals surface area contributed by atoms with Crippen molar-refractivity contribution in [2.24, 2.45) is 5.73 Å². The molecule has 0 aliphatic carbocycles. The first-order valence-corrected chi connectivity index (χ1v) is 8.39. The molecule has 0 bridgehead atoms. The van der Waals surface area contributed by atoms with Gasteiger partial charge in [-0.1, -0.05) is 12.1 Å². The lowest BCUT2D eigenvalue weighted by molar-refractivity contribution is 0.602. The van der Waals surface area contributed by atoms with E-state index in [0.29, 0.717) is 11.5 Å². The molecule has 0 radical (unpaired) electrons. The number of hydrogen-bond acceptors (Lipinski definition) is 4. The van der Waals surface area contributed by atoms with Crippen LogP contribution in [0.4, 0.5) is 0 Å². The highest BCUT2D eigenvalue weighted by Crippen LogP contribution is 2.31. The van der Waals surface area contributed by atoms with Crippen LogP contribution in [-0.4, -0.2) is 25.2 Å². The maximum absolute atomic E-state index is 11.4. The second-order valence-corrected chi connectivity index (χ2v) is 8.11. The summed E-state index contributed by atoms with van der Waals surface area (Å²) >= 11 is 1.65. The van der Waals surface area contributed by atoms with Gasteiger partial charge in [0.1, 0.15) is 0 Å². The predicted molar refractivity (Wildman–Crippen MR) is 72.0 cm³/mol. The van der Waals surface area contributed by atoms with Crippen molar-refractivity contribution in [3.05, 3.63) is 29.8 Å². The van der Waals surface area contributed by atoms with E-state index in [1.54, 1.807) is 11.8 Å². The Kier molecular flexibility index (Phi) is 3.80. The molecule has 0 spiro atoms. The Morgan fingerprint density at radius 2 is 2.24 bits per heavy atom. The summed E-state index contributed by atoms with van der Waals surface area (Å²) in [7, 11) is -2.79. The molecule has 2 unspecified atom stereocenters. The van der Waals surface area contributed by atoms with Gasteiger partial charge in [0.2, 0.25) is 0 Å². The van der Waals surface area contributed by atoms with Crippen LogP contribution in [0.15, 0.2) is 29.2 Å². The van der Waals surface area contributed by atoms with Gasteiger partial charge in [-0.2, -0.15) is 0 Å². The second-order valence-electron chi connectivity index (χ2n) is 4.50. The Morgan fingerprint density at radius 3 is 2.82 bits per heavy atom. The van der Waals surface area contributed by atoms with E-state index in [2.05, 4.69) is 6.07 Å². The van der Waals surface area contributed by atoms with E-state index in [4.69, 9.17) is 5.73 Å². The number of sulfone groups is 1. The Morgan fingerprint density at radius 1 is 1.47 bits per heavy atom. The molecule has 0 amide bonds. The summed E-state index contributed by atoms with van der Waals surface area (Å²) in [5, 5.41) is 0.198. The summed E-state index contributed by atoms with van der Waals surface area (Å²) in [6.07, 6.45) is 0.759. The smallest absolute Gasteiger partial charge is 0.151 e. The molecule has 1 saturated heterocycles. The average molecular weight is 271 g/mol. The summed E-state index contributed by atoms with van der Waals surface area (Å²) in [4.78, 5) is 1.11. The normalized spacial score (nSPS) is 24.7. The van der Waals surface area contributed by atoms with Crippen molar-refractivity contribution >= 4 is 21.6 Å². The van der Waals surface area contributed by atoms with E-state index < -0.39 is 9.84 Å². The molecule has 2 rings (SSSR count). The van der Waals surface area contributed by atoms with Crippen molar-refractivity contribution in [2.45, 2.75) is 29.5 Å². The molecule has 1 heterocycles. The van der Waals surface area contributed by atoms with Crippen molar-refractivity contribution in [3.8, 4) is 0 Å². The fraction of sp³-hybridized carbons (Fsp3) is 0.500. The van der Waals surface area contributed by atoms with Crippen molar-refractivity contribution in [1.29, 1.82) is 0 Å². The van der Waals surface area contributed by atoms with Crippen LogP contribution in [0.3, 0.4) is 0 Å². The third-order valence-corrected chi connectivity index (χ3v) is 6.12. The molecule has 1 fully saturated rings. The molecule has 94 valence electrons. The van der Waals surface area contributed by atoms with Crippen LogP contribution in [0, 0.1) is 0 Å². The fourth-order valence-corrected chi connectivity index (χ4v) is 5.49. The number of benzene rings is 1. The Bertz CT molecular complexity index is 497. The van der Waals surface area contributed by atoms with Crippen molar-refractivity contribution in [3.63, 3.8) is 0 Å². The summed E-state index contributed by atoms with van der Waals surface area (Å²) in [5.41, 5.74) is 6.92. The summed E-state index contributed by atoms with van der Waals surface area (Å²) < 4.78 is 22.7. The van der Waals surface area contributed by atoms with Crippen LogP contribution in [-0.2, 0) is 9.84 Å². The monoisotopic (exact) mass is 271 g/mol. The summed E-state index contributed by atoms with van der Waals surface area (Å²) in [6.45, 7) is 1.95. The first-order valence-electron chi connectivity index (χ1n) is 5.69. The van der Waals surface area contributed by atoms with Gasteiger partial charge in [-0.15, -0.1) is 11.8 Å². The quantitative estimate of drug-likeness (QED) is 0.913. The molecule has 0 aromatic heterocycles. The van der Waals surface area contributed by atoms with Gasteiger partial charge in [-0.05, 0) is 31.0 Å². The second kappa shape index (κ2) is 5.00. The van der Waals surface area contributed by atoms with Gasteiger partial charge >= 0.3 is 0 Å². The van der Waals surface area contributed by atoms with Crippen LogP contribution in [0.5, 0.6) is 0 Å². The Balaban J connectivity index is 2.07. The first kappa shape index (κ1) is 12.9. The third-order valence-electron chi connectivity index (χ3n) is 2.88. The van der Waals surface area contributed by atoms with E-state index in [-0.39, 0.29) is 11.3 Å². The fourth-order valence-electron chi connectivity index (χ4n) is 1.92. The number of thioether (sulfide) groups is 1. The van der Waals surface area contributed by atoms with Crippen LogP contribution < -0.4 is 5.73 Å². The van der Waals surface area contributed by atoms with Gasteiger partial charge in [-0.25, -0.2) is 8.42 Å². The van der Waals surface area contributed by atoms with Crippen LogP contribution in [0.25, 0.3) is 0 Å². The molecular weight excluding hydrogens is 254 g/mol. The van der Waals surface area contributed by atoms with Gasteiger partial charge < -0.3 is 5.73 Å². The van der Waals surface area contributed by atoms with Crippen molar-refractivity contribution < 1.29 is 8.42 Å². The lowest BCUT2D eigenvalue weighted by Gasteiger charge is -2.10.